The lowest BCUT2D eigenvalue weighted by atomic mass is 9.99. The van der Waals surface area contributed by atoms with Gasteiger partial charge in [-0.15, -0.1) is 0 Å². The van der Waals surface area contributed by atoms with Gasteiger partial charge in [0.1, 0.15) is 6.10 Å². The summed E-state index contributed by atoms with van der Waals surface area (Å²) in [5.41, 5.74) is 8.23. The van der Waals surface area contributed by atoms with Crippen LogP contribution in [0.3, 0.4) is 0 Å². The number of anilines is 1. The van der Waals surface area contributed by atoms with Crippen LogP contribution < -0.4 is 10.6 Å². The summed E-state index contributed by atoms with van der Waals surface area (Å²) in [5.74, 6) is 0.300. The number of primary amides is 1. The van der Waals surface area contributed by atoms with Crippen LogP contribution in [0.5, 0.6) is 0 Å². The van der Waals surface area contributed by atoms with Crippen LogP contribution in [0.4, 0.5) is 10.5 Å². The summed E-state index contributed by atoms with van der Waals surface area (Å²) in [6.07, 6.45) is 4.78. The Hall–Kier alpha value is -2.48. The Balaban J connectivity index is 1.60. The van der Waals surface area contributed by atoms with Gasteiger partial charge in [-0.1, -0.05) is 18.2 Å². The van der Waals surface area contributed by atoms with E-state index >= 15 is 0 Å². The van der Waals surface area contributed by atoms with Crippen LogP contribution in [0.15, 0.2) is 30.3 Å². The predicted octanol–water partition coefficient (Wildman–Crippen LogP) is 2.26. The topological polar surface area (TPSA) is 92.9 Å². The number of cyclic esters (lactones) is 1. The normalized spacial score (nSPS) is 19.4. The zero-order chi connectivity index (χ0) is 20.1. The monoisotopic (exact) mass is 403 g/mol. The van der Waals surface area contributed by atoms with E-state index in [1.807, 2.05) is 35.4 Å². The third-order valence-corrected chi connectivity index (χ3v) is 5.50. The van der Waals surface area contributed by atoms with E-state index in [0.717, 1.165) is 24.2 Å². The summed E-state index contributed by atoms with van der Waals surface area (Å²) >= 11 is 1.54. The number of rotatable bonds is 7. The lowest BCUT2D eigenvalue weighted by Gasteiger charge is -2.26. The number of carbonyl (C=O) groups is 3. The highest BCUT2D eigenvalue weighted by Gasteiger charge is 2.32. The molecule has 1 aromatic carbocycles. The van der Waals surface area contributed by atoms with Crippen LogP contribution in [0.2, 0.25) is 0 Å². The van der Waals surface area contributed by atoms with Crippen LogP contribution in [-0.2, 0) is 14.3 Å². The van der Waals surface area contributed by atoms with Gasteiger partial charge in [0.2, 0.25) is 11.8 Å². The van der Waals surface area contributed by atoms with Crippen molar-refractivity contribution in [1.29, 1.82) is 0 Å². The summed E-state index contributed by atoms with van der Waals surface area (Å²) in [4.78, 5) is 38.4. The molecule has 28 heavy (non-hydrogen) atoms. The summed E-state index contributed by atoms with van der Waals surface area (Å²) in [5, 5.41) is 0. The van der Waals surface area contributed by atoms with Crippen molar-refractivity contribution in [3.63, 3.8) is 0 Å². The Morgan fingerprint density at radius 1 is 1.29 bits per heavy atom. The van der Waals surface area contributed by atoms with Crippen molar-refractivity contribution in [3.05, 3.63) is 35.9 Å². The highest BCUT2D eigenvalue weighted by atomic mass is 32.2. The summed E-state index contributed by atoms with van der Waals surface area (Å²) in [6, 6.07) is 7.79. The maximum atomic E-state index is 12.1. The molecule has 0 bridgehead atoms. The van der Waals surface area contributed by atoms with Gasteiger partial charge in [0, 0.05) is 25.2 Å². The molecular weight excluding hydrogens is 378 g/mol. The molecule has 1 fully saturated rings. The highest BCUT2D eigenvalue weighted by molar-refractivity contribution is 7.99. The van der Waals surface area contributed by atoms with E-state index in [4.69, 9.17) is 10.5 Å². The number of thioether (sulfide) groups is 1. The number of hydrogen-bond donors (Lipinski definition) is 1. The van der Waals surface area contributed by atoms with Gasteiger partial charge in [-0.3, -0.25) is 14.5 Å². The Morgan fingerprint density at radius 3 is 2.64 bits per heavy atom. The lowest BCUT2D eigenvalue weighted by molar-refractivity contribution is -0.128. The molecule has 0 spiro atoms. The highest BCUT2D eigenvalue weighted by Crippen LogP contribution is 2.28. The van der Waals surface area contributed by atoms with Gasteiger partial charge in [-0.2, -0.15) is 11.8 Å². The van der Waals surface area contributed by atoms with E-state index in [9.17, 15) is 14.4 Å². The maximum Gasteiger partial charge on any atom is 0.414 e. The molecule has 0 aliphatic carbocycles. The SMILES string of the molecule is CSCC(=O)N1CC=C(c2ccc(N3C[C@H](CCC(N)=O)OC3=O)cc2)CC1. The minimum absolute atomic E-state index is 0.177. The van der Waals surface area contributed by atoms with Crippen molar-refractivity contribution >= 4 is 40.9 Å². The van der Waals surface area contributed by atoms with E-state index in [0.29, 0.717) is 25.3 Å². The number of benzene rings is 1. The molecule has 150 valence electrons. The van der Waals surface area contributed by atoms with Crippen LogP contribution in [-0.4, -0.2) is 60.6 Å². The van der Waals surface area contributed by atoms with E-state index in [1.165, 1.54) is 5.57 Å². The molecular formula is C20H25N3O4S. The Bertz CT molecular complexity index is 778. The standard InChI is InChI=1S/C20H25N3O4S/c1-28-13-19(25)22-10-8-15(9-11-22)14-2-4-16(5-3-14)23-12-17(27-20(23)26)6-7-18(21)24/h2-5,8,17H,6-7,9-13H2,1H3,(H2,21,24)/t17-/m0/s1. The van der Waals surface area contributed by atoms with Crippen LogP contribution in [0.25, 0.3) is 5.57 Å². The number of hydrogen-bond acceptors (Lipinski definition) is 5. The van der Waals surface area contributed by atoms with Crippen molar-refractivity contribution in [1.82, 2.24) is 4.90 Å². The minimum Gasteiger partial charge on any atom is -0.444 e. The van der Waals surface area contributed by atoms with Crippen molar-refractivity contribution in [2.75, 3.05) is 36.5 Å². The second kappa shape index (κ2) is 9.14. The molecule has 3 rings (SSSR count). The second-order valence-electron chi connectivity index (χ2n) is 6.92. The minimum atomic E-state index is -0.401. The first-order valence-corrected chi connectivity index (χ1v) is 10.7. The number of nitrogens with zero attached hydrogens (tertiary/aromatic N) is 2. The molecule has 0 unspecified atom stereocenters. The Morgan fingerprint density at radius 2 is 2.04 bits per heavy atom. The maximum absolute atomic E-state index is 12.1. The van der Waals surface area contributed by atoms with E-state index in [2.05, 4.69) is 6.08 Å². The van der Waals surface area contributed by atoms with Gasteiger partial charge in [0.05, 0.1) is 12.3 Å². The van der Waals surface area contributed by atoms with Crippen LogP contribution in [0, 0.1) is 0 Å². The fourth-order valence-electron chi connectivity index (χ4n) is 3.41. The molecule has 1 saturated heterocycles. The molecule has 1 atom stereocenters. The van der Waals surface area contributed by atoms with Gasteiger partial charge in [-0.05, 0) is 42.4 Å². The molecule has 2 aliphatic rings. The van der Waals surface area contributed by atoms with E-state index in [-0.39, 0.29) is 18.4 Å². The largest absolute Gasteiger partial charge is 0.444 e. The van der Waals surface area contributed by atoms with Crippen molar-refractivity contribution < 1.29 is 19.1 Å². The van der Waals surface area contributed by atoms with Gasteiger partial charge >= 0.3 is 6.09 Å². The van der Waals surface area contributed by atoms with Crippen molar-refractivity contribution in [3.8, 4) is 0 Å². The molecule has 0 aromatic heterocycles. The molecule has 8 heteroatoms. The van der Waals surface area contributed by atoms with Gasteiger partial charge in [-0.25, -0.2) is 4.79 Å². The lowest BCUT2D eigenvalue weighted by Crippen LogP contribution is -2.35. The van der Waals surface area contributed by atoms with Crippen LogP contribution >= 0.6 is 11.8 Å². The number of nitrogens with two attached hydrogens (primary N) is 1. The first-order valence-electron chi connectivity index (χ1n) is 9.30. The zero-order valence-electron chi connectivity index (χ0n) is 15.9. The van der Waals surface area contributed by atoms with Gasteiger partial charge < -0.3 is 15.4 Å². The Kier molecular flexibility index (Phi) is 6.61. The quantitative estimate of drug-likeness (QED) is 0.754. The zero-order valence-corrected chi connectivity index (χ0v) is 16.7. The molecule has 0 saturated carbocycles. The molecule has 1 aromatic rings. The average molecular weight is 404 g/mol. The molecule has 2 aliphatic heterocycles. The fraction of sp³-hybridized carbons (Fsp3) is 0.450. The molecule has 0 radical (unpaired) electrons. The fourth-order valence-corrected chi connectivity index (χ4v) is 3.84. The van der Waals surface area contributed by atoms with Crippen molar-refractivity contribution in [2.24, 2.45) is 5.73 Å². The summed E-state index contributed by atoms with van der Waals surface area (Å²) < 4.78 is 5.31. The van der Waals surface area contributed by atoms with Gasteiger partial charge in [0.15, 0.2) is 0 Å². The second-order valence-corrected chi connectivity index (χ2v) is 7.79. The van der Waals surface area contributed by atoms with Gasteiger partial charge in [0.25, 0.3) is 0 Å². The molecule has 3 amide bonds. The molecule has 7 nitrogen and oxygen atoms in total. The summed E-state index contributed by atoms with van der Waals surface area (Å²) in [6.45, 7) is 1.78. The molecule has 2 N–H and O–H groups in total. The number of amides is 3. The Labute approximate surface area is 168 Å². The number of carbonyl (C=O) groups excluding carboxylic acids is 3. The predicted molar refractivity (Wildman–Crippen MR) is 110 cm³/mol. The molecule has 2 heterocycles. The van der Waals surface area contributed by atoms with Crippen molar-refractivity contribution in [2.45, 2.75) is 25.4 Å². The van der Waals surface area contributed by atoms with E-state index < -0.39 is 12.0 Å². The third-order valence-electron chi connectivity index (χ3n) is 4.97. The smallest absolute Gasteiger partial charge is 0.414 e. The average Bonchev–Trinajstić information content (AvgIpc) is 3.07. The third kappa shape index (κ3) is 4.86. The number of ether oxygens (including phenoxy) is 1. The first-order chi connectivity index (χ1) is 13.5. The first kappa shape index (κ1) is 20.3. The van der Waals surface area contributed by atoms with Crippen LogP contribution in [0.1, 0.15) is 24.8 Å². The van der Waals surface area contributed by atoms with E-state index in [1.54, 1.807) is 16.7 Å². The summed E-state index contributed by atoms with van der Waals surface area (Å²) in [7, 11) is 0.